The molecule has 34 heavy (non-hydrogen) atoms. The van der Waals surface area contributed by atoms with Crippen LogP contribution in [0.2, 0.25) is 0 Å². The lowest BCUT2D eigenvalue weighted by Crippen LogP contribution is -2.64. The van der Waals surface area contributed by atoms with Crippen molar-refractivity contribution >= 4 is 11.9 Å². The van der Waals surface area contributed by atoms with Crippen molar-refractivity contribution < 1.29 is 42.7 Å². The van der Waals surface area contributed by atoms with Crippen molar-refractivity contribution in [2.24, 2.45) is 11.8 Å². The molecule has 0 aromatic heterocycles. The van der Waals surface area contributed by atoms with E-state index in [-0.39, 0.29) is 23.2 Å². The lowest BCUT2D eigenvalue weighted by Gasteiger charge is -2.50. The molecule has 4 aliphatic heterocycles. The van der Waals surface area contributed by atoms with Crippen LogP contribution < -0.4 is 0 Å². The molecule has 4 bridgehead atoms. The molecular weight excluding hydrogens is 444 g/mol. The lowest BCUT2D eigenvalue weighted by atomic mass is 9.59. The standard InChI is InChI=1S/C25H36O9/c1-13-11-21(4)16(19(26)29-7)17(20(27)30-8)25(13,33-21)15(3)23-12-24(31-9,32-10)22(5,34-23)18(28-6)14(23)2/h11,14-15,18H,12H2,1-10H3/t14-,15+,18-,21+,22?,23-,25+/m1/s1. The Labute approximate surface area is 200 Å². The van der Waals surface area contributed by atoms with Crippen LogP contribution >= 0.6 is 0 Å². The zero-order chi connectivity index (χ0) is 25.5. The molecule has 0 N–H and O–H groups in total. The second-order valence-electron chi connectivity index (χ2n) is 10.2. The first-order chi connectivity index (χ1) is 15.8. The predicted octanol–water partition coefficient (Wildman–Crippen LogP) is 2.32. The molecule has 4 heterocycles. The quantitative estimate of drug-likeness (QED) is 0.309. The van der Waals surface area contributed by atoms with Gasteiger partial charge < -0.3 is 33.2 Å². The van der Waals surface area contributed by atoms with E-state index in [1.54, 1.807) is 28.3 Å². The van der Waals surface area contributed by atoms with Gasteiger partial charge in [-0.1, -0.05) is 13.8 Å². The largest absolute Gasteiger partial charge is 0.466 e. The van der Waals surface area contributed by atoms with E-state index in [1.807, 2.05) is 26.8 Å². The first-order valence-corrected chi connectivity index (χ1v) is 11.5. The van der Waals surface area contributed by atoms with Gasteiger partial charge in [0.05, 0.1) is 37.1 Å². The van der Waals surface area contributed by atoms with E-state index in [1.165, 1.54) is 14.2 Å². The minimum absolute atomic E-state index is 0.116. The second-order valence-corrected chi connectivity index (χ2v) is 10.2. The van der Waals surface area contributed by atoms with E-state index in [0.717, 1.165) is 5.57 Å². The Bertz CT molecular complexity index is 981. The maximum absolute atomic E-state index is 13.2. The molecular formula is C25H36O9. The van der Waals surface area contributed by atoms with Crippen LogP contribution in [0.4, 0.5) is 0 Å². The Morgan fingerprint density at radius 2 is 1.56 bits per heavy atom. The molecule has 0 aliphatic carbocycles. The molecule has 0 saturated carbocycles. The number of rotatable bonds is 7. The molecule has 1 unspecified atom stereocenters. The molecule has 9 heteroatoms. The minimum Gasteiger partial charge on any atom is -0.466 e. The summed E-state index contributed by atoms with van der Waals surface area (Å²) in [5.74, 6) is -2.93. The summed E-state index contributed by atoms with van der Waals surface area (Å²) in [6.45, 7) is 9.62. The van der Waals surface area contributed by atoms with Gasteiger partial charge in [-0.25, -0.2) is 9.59 Å². The average Bonchev–Trinajstić information content (AvgIpc) is 3.43. The zero-order valence-electron chi connectivity index (χ0n) is 21.7. The van der Waals surface area contributed by atoms with Crippen LogP contribution in [0.15, 0.2) is 22.8 Å². The third-order valence-corrected chi connectivity index (χ3v) is 9.04. The number of esters is 2. The number of methoxy groups -OCH3 is 5. The molecule has 0 aromatic rings. The summed E-state index contributed by atoms with van der Waals surface area (Å²) in [6, 6.07) is 0. The number of ether oxygens (including phenoxy) is 7. The average molecular weight is 481 g/mol. The molecule has 0 aromatic carbocycles. The molecule has 2 saturated heterocycles. The van der Waals surface area contributed by atoms with Gasteiger partial charge in [0.2, 0.25) is 5.79 Å². The van der Waals surface area contributed by atoms with E-state index in [0.29, 0.717) is 6.42 Å². The van der Waals surface area contributed by atoms with Crippen molar-refractivity contribution in [1.29, 1.82) is 0 Å². The molecule has 9 nitrogen and oxygen atoms in total. The highest BCUT2D eigenvalue weighted by Crippen LogP contribution is 2.68. The van der Waals surface area contributed by atoms with Crippen LogP contribution in [0.5, 0.6) is 0 Å². The first kappa shape index (κ1) is 25.3. The molecule has 2 fully saturated rings. The fourth-order valence-electron chi connectivity index (χ4n) is 7.53. The highest BCUT2D eigenvalue weighted by atomic mass is 16.7. The fraction of sp³-hybridized carbons (Fsp3) is 0.760. The van der Waals surface area contributed by atoms with E-state index in [2.05, 4.69) is 6.92 Å². The maximum atomic E-state index is 13.2. The van der Waals surface area contributed by atoms with Crippen LogP contribution in [0.25, 0.3) is 0 Å². The summed E-state index contributed by atoms with van der Waals surface area (Å²) in [7, 11) is 7.39. The Morgan fingerprint density at radius 1 is 1.00 bits per heavy atom. The van der Waals surface area contributed by atoms with Gasteiger partial charge in [0.1, 0.15) is 16.8 Å². The number of fused-ring (bicyclic) bond motifs is 4. The minimum atomic E-state index is -1.28. The van der Waals surface area contributed by atoms with Crippen LogP contribution in [0.3, 0.4) is 0 Å². The fourth-order valence-corrected chi connectivity index (χ4v) is 7.53. The van der Waals surface area contributed by atoms with Crippen LogP contribution in [-0.2, 0) is 42.7 Å². The van der Waals surface area contributed by atoms with Gasteiger partial charge in [0, 0.05) is 39.6 Å². The molecule has 4 aliphatic rings. The van der Waals surface area contributed by atoms with Crippen molar-refractivity contribution in [2.75, 3.05) is 35.5 Å². The molecule has 0 amide bonds. The van der Waals surface area contributed by atoms with Crippen molar-refractivity contribution in [3.63, 3.8) is 0 Å². The summed E-state index contributed by atoms with van der Waals surface area (Å²) < 4.78 is 41.6. The Balaban J connectivity index is 1.95. The van der Waals surface area contributed by atoms with Gasteiger partial charge in [-0.15, -0.1) is 0 Å². The monoisotopic (exact) mass is 480 g/mol. The van der Waals surface area contributed by atoms with E-state index >= 15 is 0 Å². The maximum Gasteiger partial charge on any atom is 0.337 e. The van der Waals surface area contributed by atoms with E-state index in [4.69, 9.17) is 33.2 Å². The first-order valence-electron chi connectivity index (χ1n) is 11.5. The van der Waals surface area contributed by atoms with E-state index in [9.17, 15) is 9.59 Å². The number of hydrogen-bond donors (Lipinski definition) is 0. The number of carbonyl (C=O) groups excluding carboxylic acids is 2. The summed E-state index contributed by atoms with van der Waals surface area (Å²) >= 11 is 0. The Kier molecular flexibility index (Phi) is 5.66. The van der Waals surface area contributed by atoms with E-state index < -0.39 is 46.0 Å². The molecule has 7 atom stereocenters. The highest BCUT2D eigenvalue weighted by molar-refractivity contribution is 6.06. The van der Waals surface area contributed by atoms with Gasteiger partial charge >= 0.3 is 11.9 Å². The topological polar surface area (TPSA) is 98.8 Å². The number of carbonyl (C=O) groups is 2. The molecule has 0 radical (unpaired) electrons. The SMILES string of the molecule is COC(=O)C1=C(C(=O)OC)[C@]2(C)C=C(C)[C@@]1([C@@H](C)[C@]13CC(OC)(OC)C(C)(O1)[C@H](OC)[C@H]3C)O2. The van der Waals surface area contributed by atoms with Crippen LogP contribution in [0.1, 0.15) is 41.0 Å². The van der Waals surface area contributed by atoms with Gasteiger partial charge in [0.15, 0.2) is 0 Å². The van der Waals surface area contributed by atoms with Gasteiger partial charge in [-0.2, -0.15) is 0 Å². The van der Waals surface area contributed by atoms with Crippen LogP contribution in [-0.4, -0.2) is 81.8 Å². The van der Waals surface area contributed by atoms with Crippen molar-refractivity contribution in [2.45, 2.75) is 75.3 Å². The van der Waals surface area contributed by atoms with Crippen LogP contribution in [0, 0.1) is 11.8 Å². The zero-order valence-corrected chi connectivity index (χ0v) is 21.7. The van der Waals surface area contributed by atoms with Gasteiger partial charge in [0.25, 0.3) is 0 Å². The van der Waals surface area contributed by atoms with Crippen molar-refractivity contribution in [3.05, 3.63) is 22.8 Å². The summed E-state index contributed by atoms with van der Waals surface area (Å²) in [5, 5.41) is 0. The lowest BCUT2D eigenvalue weighted by molar-refractivity contribution is -0.289. The molecule has 0 spiro atoms. The third kappa shape index (κ3) is 2.57. The van der Waals surface area contributed by atoms with Gasteiger partial charge in [-0.05, 0) is 32.4 Å². The summed E-state index contributed by atoms with van der Waals surface area (Å²) in [5.41, 5.74) is -3.13. The summed E-state index contributed by atoms with van der Waals surface area (Å²) in [6.07, 6.45) is 1.90. The molecule has 190 valence electrons. The van der Waals surface area contributed by atoms with Crippen molar-refractivity contribution in [1.82, 2.24) is 0 Å². The Hall–Kier alpha value is -1.78. The third-order valence-electron chi connectivity index (χ3n) is 9.04. The van der Waals surface area contributed by atoms with Gasteiger partial charge in [-0.3, -0.25) is 0 Å². The summed E-state index contributed by atoms with van der Waals surface area (Å²) in [4.78, 5) is 26.2. The number of hydrogen-bond acceptors (Lipinski definition) is 9. The predicted molar refractivity (Wildman–Crippen MR) is 120 cm³/mol. The molecule has 4 rings (SSSR count). The second kappa shape index (κ2) is 7.61. The smallest absolute Gasteiger partial charge is 0.337 e. The highest BCUT2D eigenvalue weighted by Gasteiger charge is 2.81. The van der Waals surface area contributed by atoms with Crippen molar-refractivity contribution in [3.8, 4) is 0 Å². The Morgan fingerprint density at radius 3 is 2.06 bits per heavy atom. The normalized spacial score (nSPS) is 42.7.